The van der Waals surface area contributed by atoms with Crippen molar-refractivity contribution in [2.45, 2.75) is 19.4 Å². The normalized spacial score (nSPS) is 16.8. The summed E-state index contributed by atoms with van der Waals surface area (Å²) >= 11 is 0. The molecular weight excluding hydrogens is 352 g/mol. The first-order chi connectivity index (χ1) is 13.8. The van der Waals surface area contributed by atoms with Gasteiger partial charge in [0.25, 0.3) is 0 Å². The lowest BCUT2D eigenvalue weighted by atomic mass is 10.0. The highest BCUT2D eigenvalue weighted by Gasteiger charge is 2.18. The Labute approximate surface area is 164 Å². The van der Waals surface area contributed by atoms with Crippen LogP contribution in [-0.4, -0.2) is 35.4 Å². The van der Waals surface area contributed by atoms with Crippen LogP contribution in [0.15, 0.2) is 47.5 Å². The van der Waals surface area contributed by atoms with E-state index in [2.05, 4.69) is 51.8 Å². The number of rotatable bonds is 4. The number of aliphatic imine (C=N–C) groups is 1. The third-order valence-electron chi connectivity index (χ3n) is 5.56. The smallest absolute Gasteiger partial charge is 0.240 e. The summed E-state index contributed by atoms with van der Waals surface area (Å²) in [5.41, 5.74) is 4.48. The number of nitrogens with one attached hydrogen (secondary N) is 1. The number of hydrogen-bond donors (Lipinski definition) is 1. The van der Waals surface area contributed by atoms with Crippen molar-refractivity contribution in [1.82, 2.24) is 9.78 Å². The number of aromatic nitrogens is 2. The van der Waals surface area contributed by atoms with Crippen molar-refractivity contribution >= 4 is 22.4 Å². The average molecular weight is 376 g/mol. The largest absolute Gasteiger partial charge is 0.476 e. The maximum absolute atomic E-state index is 6.07. The van der Waals surface area contributed by atoms with Gasteiger partial charge in [0.1, 0.15) is 5.84 Å². The van der Waals surface area contributed by atoms with E-state index < -0.39 is 0 Å². The van der Waals surface area contributed by atoms with E-state index in [1.165, 1.54) is 11.1 Å². The van der Waals surface area contributed by atoms with Gasteiger partial charge >= 0.3 is 0 Å². The maximum atomic E-state index is 6.07. The van der Waals surface area contributed by atoms with Gasteiger partial charge in [0.05, 0.1) is 24.1 Å². The summed E-state index contributed by atoms with van der Waals surface area (Å²) in [6, 6.07) is 14.6. The SMILES string of the molecule is Cn1nc(OCC2CCOCC2)c2ccc(NC3=NCc4ccccc43)cc21. The summed E-state index contributed by atoms with van der Waals surface area (Å²) in [7, 11) is 1.95. The zero-order valence-corrected chi connectivity index (χ0v) is 16.0. The van der Waals surface area contributed by atoms with Gasteiger partial charge in [-0.1, -0.05) is 24.3 Å². The predicted molar refractivity (Wildman–Crippen MR) is 110 cm³/mol. The molecule has 0 atom stereocenters. The van der Waals surface area contributed by atoms with Crippen LogP contribution in [0.1, 0.15) is 24.0 Å². The van der Waals surface area contributed by atoms with E-state index in [0.717, 1.165) is 55.0 Å². The lowest BCUT2D eigenvalue weighted by Crippen LogP contribution is -2.21. The van der Waals surface area contributed by atoms with Crippen LogP contribution in [0.3, 0.4) is 0 Å². The molecule has 0 amide bonds. The Bertz CT molecular complexity index is 1030. The minimum atomic E-state index is 0.548. The topological polar surface area (TPSA) is 60.7 Å². The Morgan fingerprint density at radius 3 is 2.93 bits per heavy atom. The fraction of sp³-hybridized carbons (Fsp3) is 0.364. The molecule has 0 saturated carbocycles. The molecule has 6 heteroatoms. The Kier molecular flexibility index (Phi) is 4.49. The van der Waals surface area contributed by atoms with Gasteiger partial charge in [-0.25, -0.2) is 0 Å². The highest BCUT2D eigenvalue weighted by Crippen LogP contribution is 2.29. The second-order valence-corrected chi connectivity index (χ2v) is 7.47. The molecule has 28 heavy (non-hydrogen) atoms. The molecule has 1 fully saturated rings. The Hall–Kier alpha value is -2.86. The third-order valence-corrected chi connectivity index (χ3v) is 5.56. The fourth-order valence-electron chi connectivity index (χ4n) is 3.90. The molecule has 5 rings (SSSR count). The molecule has 3 aromatic rings. The van der Waals surface area contributed by atoms with Crippen LogP contribution in [-0.2, 0) is 18.3 Å². The van der Waals surface area contributed by atoms with Gasteiger partial charge in [-0.05, 0) is 42.5 Å². The summed E-state index contributed by atoms with van der Waals surface area (Å²) in [6.07, 6.45) is 2.12. The average Bonchev–Trinajstić information content (AvgIpc) is 3.28. The lowest BCUT2D eigenvalue weighted by Gasteiger charge is -2.21. The molecule has 2 aromatic carbocycles. The van der Waals surface area contributed by atoms with Crippen LogP contribution in [0.25, 0.3) is 10.9 Å². The maximum Gasteiger partial charge on any atom is 0.240 e. The van der Waals surface area contributed by atoms with Gasteiger partial charge < -0.3 is 14.8 Å². The van der Waals surface area contributed by atoms with Crippen molar-refractivity contribution in [3.05, 3.63) is 53.6 Å². The van der Waals surface area contributed by atoms with Gasteiger partial charge in [0.2, 0.25) is 5.88 Å². The Morgan fingerprint density at radius 1 is 1.18 bits per heavy atom. The number of amidine groups is 1. The molecule has 1 saturated heterocycles. The van der Waals surface area contributed by atoms with Gasteiger partial charge in [-0.2, -0.15) is 0 Å². The summed E-state index contributed by atoms with van der Waals surface area (Å²) in [5, 5.41) is 9.09. The molecule has 0 bridgehead atoms. The highest BCUT2D eigenvalue weighted by atomic mass is 16.5. The molecule has 0 radical (unpaired) electrons. The standard InChI is InChI=1S/C22H24N4O2/c1-26-20-12-17(24-21-18-5-3-2-4-16(18)13-23-21)6-7-19(20)22(25-26)28-14-15-8-10-27-11-9-15/h2-7,12,15H,8-11,13-14H2,1H3,(H,23,24). The molecular formula is C22H24N4O2. The van der Waals surface area contributed by atoms with Crippen molar-refractivity contribution in [2.75, 3.05) is 25.1 Å². The molecule has 2 aliphatic rings. The van der Waals surface area contributed by atoms with E-state index in [4.69, 9.17) is 9.47 Å². The molecule has 0 aliphatic carbocycles. The van der Waals surface area contributed by atoms with Gasteiger partial charge in [0, 0.05) is 31.5 Å². The summed E-state index contributed by atoms with van der Waals surface area (Å²) in [6.45, 7) is 3.10. The number of aryl methyl sites for hydroxylation is 1. The van der Waals surface area contributed by atoms with E-state index in [1.807, 2.05) is 17.8 Å². The van der Waals surface area contributed by atoms with Gasteiger partial charge in [0.15, 0.2) is 0 Å². The first-order valence-electron chi connectivity index (χ1n) is 9.85. The first kappa shape index (κ1) is 17.3. The molecule has 1 aromatic heterocycles. The predicted octanol–water partition coefficient (Wildman–Crippen LogP) is 3.75. The molecule has 3 heterocycles. The van der Waals surface area contributed by atoms with Crippen LogP contribution in [0.5, 0.6) is 5.88 Å². The lowest BCUT2D eigenvalue weighted by molar-refractivity contribution is 0.0492. The van der Waals surface area contributed by atoms with Gasteiger partial charge in [-0.15, -0.1) is 5.10 Å². The van der Waals surface area contributed by atoms with E-state index in [-0.39, 0.29) is 0 Å². The quantitative estimate of drug-likeness (QED) is 0.753. The molecule has 2 aliphatic heterocycles. The van der Waals surface area contributed by atoms with Crippen molar-refractivity contribution in [3.8, 4) is 5.88 Å². The molecule has 6 nitrogen and oxygen atoms in total. The second kappa shape index (κ2) is 7.28. The van der Waals surface area contributed by atoms with Gasteiger partial charge in [-0.3, -0.25) is 9.67 Å². The monoisotopic (exact) mass is 376 g/mol. The number of ether oxygens (including phenoxy) is 2. The van der Waals surface area contributed by atoms with Crippen LogP contribution >= 0.6 is 0 Å². The molecule has 144 valence electrons. The van der Waals surface area contributed by atoms with Crippen LogP contribution in [0, 0.1) is 5.92 Å². The van der Waals surface area contributed by atoms with E-state index in [9.17, 15) is 0 Å². The van der Waals surface area contributed by atoms with Crippen molar-refractivity contribution in [2.24, 2.45) is 18.0 Å². The molecule has 0 spiro atoms. The number of hydrogen-bond acceptors (Lipinski definition) is 5. The number of benzene rings is 2. The van der Waals surface area contributed by atoms with E-state index in [0.29, 0.717) is 18.4 Å². The fourth-order valence-corrected chi connectivity index (χ4v) is 3.90. The second-order valence-electron chi connectivity index (χ2n) is 7.47. The Balaban J connectivity index is 1.34. The van der Waals surface area contributed by atoms with Crippen LogP contribution in [0.2, 0.25) is 0 Å². The van der Waals surface area contributed by atoms with Crippen molar-refractivity contribution in [1.29, 1.82) is 0 Å². The third kappa shape index (κ3) is 3.24. The minimum Gasteiger partial charge on any atom is -0.476 e. The summed E-state index contributed by atoms with van der Waals surface area (Å²) < 4.78 is 13.4. The van der Waals surface area contributed by atoms with Crippen molar-refractivity contribution in [3.63, 3.8) is 0 Å². The van der Waals surface area contributed by atoms with Crippen LogP contribution in [0.4, 0.5) is 5.69 Å². The number of anilines is 1. The molecule has 0 unspecified atom stereocenters. The Morgan fingerprint density at radius 2 is 2.04 bits per heavy atom. The van der Waals surface area contributed by atoms with Crippen molar-refractivity contribution < 1.29 is 9.47 Å². The van der Waals surface area contributed by atoms with Crippen LogP contribution < -0.4 is 10.1 Å². The zero-order valence-electron chi connectivity index (χ0n) is 16.0. The summed E-state index contributed by atoms with van der Waals surface area (Å²) in [5.74, 6) is 2.18. The molecule has 1 N–H and O–H groups in total. The summed E-state index contributed by atoms with van der Waals surface area (Å²) in [4.78, 5) is 4.64. The van der Waals surface area contributed by atoms with E-state index in [1.54, 1.807) is 0 Å². The first-order valence-corrected chi connectivity index (χ1v) is 9.85. The zero-order chi connectivity index (χ0) is 18.9. The number of nitrogens with zero attached hydrogens (tertiary/aromatic N) is 3. The number of fused-ring (bicyclic) bond motifs is 2. The highest BCUT2D eigenvalue weighted by molar-refractivity contribution is 6.11. The van der Waals surface area contributed by atoms with E-state index >= 15 is 0 Å². The minimum absolute atomic E-state index is 0.548.